The molecule has 0 aliphatic heterocycles. The second-order valence-corrected chi connectivity index (χ2v) is 4.86. The molecular weight excluding hydrogens is 254 g/mol. The molecule has 0 fully saturated rings. The van der Waals surface area contributed by atoms with Gasteiger partial charge < -0.3 is 15.2 Å². The Balaban J connectivity index is 2.50. The summed E-state index contributed by atoms with van der Waals surface area (Å²) >= 11 is 0. The lowest BCUT2D eigenvalue weighted by atomic mass is 10.1. The highest BCUT2D eigenvalue weighted by Crippen LogP contribution is 2.20. The van der Waals surface area contributed by atoms with Crippen molar-refractivity contribution in [2.45, 2.75) is 32.8 Å². The molecule has 0 bridgehead atoms. The maximum atomic E-state index is 11.6. The maximum Gasteiger partial charge on any atom is 0.244 e. The molecule has 20 heavy (non-hydrogen) atoms. The topological polar surface area (TPSA) is 58.6 Å². The van der Waals surface area contributed by atoms with Crippen molar-refractivity contribution in [2.75, 3.05) is 13.7 Å². The highest BCUT2D eigenvalue weighted by Gasteiger charge is 2.01. The molecule has 0 aliphatic carbocycles. The van der Waals surface area contributed by atoms with Crippen LogP contribution in [0.15, 0.2) is 24.3 Å². The van der Waals surface area contributed by atoms with Gasteiger partial charge in [0.15, 0.2) is 0 Å². The Hall–Kier alpha value is -1.81. The predicted molar refractivity (Wildman–Crippen MR) is 80.7 cm³/mol. The minimum Gasteiger partial charge on any atom is -0.496 e. The third-order valence-corrected chi connectivity index (χ3v) is 2.90. The first-order chi connectivity index (χ1) is 9.52. The van der Waals surface area contributed by atoms with Crippen LogP contribution in [0.3, 0.4) is 0 Å². The van der Waals surface area contributed by atoms with E-state index >= 15 is 0 Å². The number of aryl methyl sites for hydroxylation is 1. The van der Waals surface area contributed by atoms with Crippen LogP contribution in [0.25, 0.3) is 6.08 Å². The van der Waals surface area contributed by atoms with E-state index in [2.05, 4.69) is 5.32 Å². The van der Waals surface area contributed by atoms with E-state index in [9.17, 15) is 4.79 Å². The Kier molecular flexibility index (Phi) is 6.81. The van der Waals surface area contributed by atoms with Crippen molar-refractivity contribution in [3.8, 4) is 5.75 Å². The van der Waals surface area contributed by atoms with Crippen LogP contribution in [0, 0.1) is 6.92 Å². The van der Waals surface area contributed by atoms with Crippen LogP contribution in [0.2, 0.25) is 0 Å². The lowest BCUT2D eigenvalue weighted by molar-refractivity contribution is -0.116. The molecule has 1 atom stereocenters. The fraction of sp³-hybridized carbons (Fsp3) is 0.438. The number of carbonyl (C=O) groups is 1. The lowest BCUT2D eigenvalue weighted by Crippen LogP contribution is -2.22. The van der Waals surface area contributed by atoms with Gasteiger partial charge in [0.2, 0.25) is 5.91 Å². The average molecular weight is 277 g/mol. The number of aliphatic hydroxyl groups is 1. The van der Waals surface area contributed by atoms with Crippen LogP contribution in [-0.4, -0.2) is 30.8 Å². The molecule has 1 aromatic carbocycles. The van der Waals surface area contributed by atoms with Crippen molar-refractivity contribution in [1.82, 2.24) is 5.32 Å². The SMILES string of the molecule is COc1ccc(C)cc1/C=C/C(=O)NCCCC(C)O. The molecule has 0 saturated carbocycles. The molecule has 0 aromatic heterocycles. The zero-order valence-corrected chi connectivity index (χ0v) is 12.3. The van der Waals surface area contributed by atoms with Crippen LogP contribution >= 0.6 is 0 Å². The van der Waals surface area contributed by atoms with E-state index in [-0.39, 0.29) is 12.0 Å². The molecule has 110 valence electrons. The largest absolute Gasteiger partial charge is 0.496 e. The van der Waals surface area contributed by atoms with Crippen LogP contribution in [0.1, 0.15) is 30.9 Å². The fourth-order valence-corrected chi connectivity index (χ4v) is 1.82. The van der Waals surface area contributed by atoms with E-state index in [0.717, 1.165) is 23.3 Å². The number of amides is 1. The Morgan fingerprint density at radius 3 is 2.90 bits per heavy atom. The molecule has 0 saturated heterocycles. The summed E-state index contributed by atoms with van der Waals surface area (Å²) in [6, 6.07) is 5.82. The number of carbonyl (C=O) groups excluding carboxylic acids is 1. The molecule has 0 radical (unpaired) electrons. The Labute approximate surface area is 120 Å². The van der Waals surface area contributed by atoms with Gasteiger partial charge in [-0.2, -0.15) is 0 Å². The van der Waals surface area contributed by atoms with E-state index in [0.29, 0.717) is 13.0 Å². The third-order valence-electron chi connectivity index (χ3n) is 2.90. The van der Waals surface area contributed by atoms with Crippen molar-refractivity contribution < 1.29 is 14.6 Å². The van der Waals surface area contributed by atoms with Gasteiger partial charge >= 0.3 is 0 Å². The summed E-state index contributed by atoms with van der Waals surface area (Å²) in [5, 5.41) is 11.9. The van der Waals surface area contributed by atoms with Gasteiger partial charge in [0.25, 0.3) is 0 Å². The lowest BCUT2D eigenvalue weighted by Gasteiger charge is -2.06. The molecular formula is C16H23NO3. The van der Waals surface area contributed by atoms with Crippen molar-refractivity contribution in [1.29, 1.82) is 0 Å². The molecule has 4 heteroatoms. The quantitative estimate of drug-likeness (QED) is 0.594. The highest BCUT2D eigenvalue weighted by atomic mass is 16.5. The van der Waals surface area contributed by atoms with Crippen LogP contribution < -0.4 is 10.1 Å². The van der Waals surface area contributed by atoms with Gasteiger partial charge in [0.1, 0.15) is 5.75 Å². The van der Waals surface area contributed by atoms with Gasteiger partial charge in [-0.05, 0) is 44.9 Å². The first-order valence-electron chi connectivity index (χ1n) is 6.81. The Bertz CT molecular complexity index is 467. The van der Waals surface area contributed by atoms with Crippen LogP contribution in [0.5, 0.6) is 5.75 Å². The van der Waals surface area contributed by atoms with E-state index in [1.54, 1.807) is 20.1 Å². The molecule has 0 heterocycles. The van der Waals surface area contributed by atoms with Crippen LogP contribution in [0.4, 0.5) is 0 Å². The van der Waals surface area contributed by atoms with Gasteiger partial charge in [-0.1, -0.05) is 11.6 Å². The van der Waals surface area contributed by atoms with Gasteiger partial charge in [-0.3, -0.25) is 4.79 Å². The zero-order chi connectivity index (χ0) is 15.0. The summed E-state index contributed by atoms with van der Waals surface area (Å²) in [5.74, 6) is 0.605. The maximum absolute atomic E-state index is 11.6. The number of methoxy groups -OCH3 is 1. The molecule has 2 N–H and O–H groups in total. The van der Waals surface area contributed by atoms with Gasteiger partial charge in [-0.25, -0.2) is 0 Å². The molecule has 1 rings (SSSR count). The van der Waals surface area contributed by atoms with E-state index in [4.69, 9.17) is 9.84 Å². The van der Waals surface area contributed by atoms with E-state index in [1.807, 2.05) is 25.1 Å². The van der Waals surface area contributed by atoms with Crippen molar-refractivity contribution >= 4 is 12.0 Å². The highest BCUT2D eigenvalue weighted by molar-refractivity contribution is 5.92. The molecule has 1 aromatic rings. The number of nitrogens with one attached hydrogen (secondary N) is 1. The van der Waals surface area contributed by atoms with Gasteiger partial charge in [0.05, 0.1) is 13.2 Å². The van der Waals surface area contributed by atoms with Gasteiger partial charge in [-0.15, -0.1) is 0 Å². The summed E-state index contributed by atoms with van der Waals surface area (Å²) in [6.45, 7) is 4.30. The van der Waals surface area contributed by atoms with Crippen molar-refractivity contribution in [2.24, 2.45) is 0 Å². The molecule has 1 unspecified atom stereocenters. The number of rotatable bonds is 7. The number of ether oxygens (including phenoxy) is 1. The summed E-state index contributed by atoms with van der Waals surface area (Å²) < 4.78 is 5.25. The minimum absolute atomic E-state index is 0.140. The minimum atomic E-state index is -0.320. The molecule has 4 nitrogen and oxygen atoms in total. The smallest absolute Gasteiger partial charge is 0.244 e. The number of hydrogen-bond acceptors (Lipinski definition) is 3. The van der Waals surface area contributed by atoms with E-state index in [1.165, 1.54) is 6.08 Å². The second kappa shape index (κ2) is 8.38. The fourth-order valence-electron chi connectivity index (χ4n) is 1.82. The van der Waals surface area contributed by atoms with Crippen LogP contribution in [-0.2, 0) is 4.79 Å². The molecule has 1 amide bonds. The summed E-state index contributed by atoms with van der Waals surface area (Å²) in [6.07, 6.45) is 4.38. The monoisotopic (exact) mass is 277 g/mol. The van der Waals surface area contributed by atoms with E-state index < -0.39 is 0 Å². The first-order valence-corrected chi connectivity index (χ1v) is 6.81. The predicted octanol–water partition coefficient (Wildman–Crippen LogP) is 2.29. The normalized spacial score (nSPS) is 12.4. The average Bonchev–Trinajstić information content (AvgIpc) is 2.41. The van der Waals surface area contributed by atoms with Crippen molar-refractivity contribution in [3.05, 3.63) is 35.4 Å². The Morgan fingerprint density at radius 2 is 2.25 bits per heavy atom. The summed E-state index contributed by atoms with van der Waals surface area (Å²) in [5.41, 5.74) is 1.99. The molecule has 0 spiro atoms. The second-order valence-electron chi connectivity index (χ2n) is 4.86. The zero-order valence-electron chi connectivity index (χ0n) is 12.3. The number of benzene rings is 1. The van der Waals surface area contributed by atoms with Crippen molar-refractivity contribution in [3.63, 3.8) is 0 Å². The van der Waals surface area contributed by atoms with Gasteiger partial charge in [0, 0.05) is 18.2 Å². The third kappa shape index (κ3) is 5.89. The summed E-state index contributed by atoms with van der Waals surface area (Å²) in [7, 11) is 1.61. The Morgan fingerprint density at radius 1 is 1.50 bits per heavy atom. The molecule has 0 aliphatic rings. The first kappa shape index (κ1) is 16.2. The standard InChI is InChI=1S/C16H23NO3/c1-12-6-8-15(20-3)14(11-12)7-9-16(19)17-10-4-5-13(2)18/h6-9,11,13,18H,4-5,10H2,1-3H3,(H,17,19)/b9-7+. The number of hydrogen-bond donors (Lipinski definition) is 2. The number of aliphatic hydroxyl groups excluding tert-OH is 1. The summed E-state index contributed by atoms with van der Waals surface area (Å²) in [4.78, 5) is 11.6.